The average Bonchev–Trinajstić information content (AvgIpc) is 1.36. The molecule has 12 N–H and O–H groups in total. The van der Waals surface area contributed by atoms with Gasteiger partial charge in [0.2, 0.25) is 5.00 Å². The van der Waals surface area contributed by atoms with E-state index in [0.29, 0.717) is 57.6 Å². The predicted molar refractivity (Wildman–Crippen MR) is 519 cm³/mol. The summed E-state index contributed by atoms with van der Waals surface area (Å²) in [5.41, 5.74) is 36.3. The van der Waals surface area contributed by atoms with E-state index in [-0.39, 0.29) is 144 Å². The molecule has 44 heteroatoms. The molecule has 1 amide bonds. The lowest BCUT2D eigenvalue weighted by molar-refractivity contribution is -0.137. The minimum absolute atomic E-state index is 0.0154. The van der Waals surface area contributed by atoms with Crippen molar-refractivity contribution in [1.29, 1.82) is 0 Å². The van der Waals surface area contributed by atoms with Crippen LogP contribution in [0, 0.1) is 40.5 Å². The number of pyridine rings is 6. The maximum Gasteiger partial charge on any atom is 0.417 e. The number of nitrogens with zero attached hydrogens (tertiary/aromatic N) is 12. The number of carbonyl (C=O) groups excluding carboxylic acids is 3. The molecule has 0 aliphatic carbocycles. The van der Waals surface area contributed by atoms with Gasteiger partial charge in [0.1, 0.15) is 44.6 Å². The number of hydrogen-bond donors (Lipinski definition) is 6. The Balaban J connectivity index is 0.000000133. The third kappa shape index (κ3) is 21.5. The summed E-state index contributed by atoms with van der Waals surface area (Å²) in [6.45, 7) is 29.3. The number of piperidine rings is 1. The zero-order chi connectivity index (χ0) is 100. The summed E-state index contributed by atoms with van der Waals surface area (Å²) < 4.78 is 207. The lowest BCUT2D eigenvalue weighted by Crippen LogP contribution is -2.35. The molecule has 708 valence electrons. The Kier molecular flexibility index (Phi) is 29.1. The quantitative estimate of drug-likeness (QED) is 0.0338. The highest BCUT2D eigenvalue weighted by molar-refractivity contribution is 7.24. The van der Waals surface area contributed by atoms with Crippen molar-refractivity contribution >= 4 is 208 Å². The van der Waals surface area contributed by atoms with Gasteiger partial charge in [-0.15, -0.1) is 79.4 Å². The molecule has 0 bridgehead atoms. The first-order chi connectivity index (χ1) is 65.8. The number of halogens is 15. The summed E-state index contributed by atoms with van der Waals surface area (Å²) in [6, 6.07) is 43.3. The number of anilines is 6. The number of ketones is 1. The maximum absolute atomic E-state index is 13.8. The number of alkyl halides is 15. The summed E-state index contributed by atoms with van der Waals surface area (Å²) in [5.74, 6) is -0.402. The SMILES string of the molecule is CC(=O)c1sc2nc(-c3ccccc3)cc(C(F)(F)F)c2c1N.COC(=O)c1sc2nc(-c3cccnc3)cc(C(F)(F)F)c2c1N.Nc1c(C(=O)N2CCCCC2)sc2nc(-c3ccccc3)cc(C(F)(F)F)c12.[C-]#[N+]c1sc2nc(-c3ccc(C)cc3)cc(C(F)(F)F)c2c1N.[C-]#[N+]c1sc2nc(-c3ccc(C)cc3)cc(C(F)(F)F)c2c1N.[C-]#[N+]c1sc2nc(-c3cccs3)nc(N)c2c1C. The Hall–Kier alpha value is -14.9. The van der Waals surface area contributed by atoms with E-state index in [1.165, 1.54) is 30.7 Å². The van der Waals surface area contributed by atoms with E-state index < -0.39 is 64.7 Å². The van der Waals surface area contributed by atoms with Gasteiger partial charge in [-0.05, 0) is 99.5 Å². The van der Waals surface area contributed by atoms with Gasteiger partial charge >= 0.3 is 36.9 Å². The van der Waals surface area contributed by atoms with E-state index in [0.717, 1.165) is 145 Å². The molecule has 18 aromatic rings. The number of fused-ring (bicyclic) bond motifs is 6. The highest BCUT2D eigenvalue weighted by Crippen LogP contribution is 2.52. The summed E-state index contributed by atoms with van der Waals surface area (Å²) in [6.07, 6.45) is -17.3. The van der Waals surface area contributed by atoms with Crippen LogP contribution in [0.2, 0.25) is 0 Å². The number of ether oxygens (including phenoxy) is 1. The van der Waals surface area contributed by atoms with Crippen LogP contribution in [0.3, 0.4) is 0 Å². The molecular formula is C95H67F15N18O4S7. The number of amides is 1. The number of aryl methyl sites for hydroxylation is 3. The van der Waals surface area contributed by atoms with Gasteiger partial charge in [-0.25, -0.2) is 54.2 Å². The van der Waals surface area contributed by atoms with E-state index in [1.54, 1.807) is 113 Å². The fourth-order valence-electron chi connectivity index (χ4n) is 14.5. The molecule has 4 aromatic carbocycles. The molecule has 19 rings (SSSR count). The summed E-state index contributed by atoms with van der Waals surface area (Å²) in [5, 5.41) is 2.42. The predicted octanol–water partition coefficient (Wildman–Crippen LogP) is 28.4. The topological polar surface area (TPSA) is 336 Å². The lowest BCUT2D eigenvalue weighted by atomic mass is 10.0. The number of esters is 1. The van der Waals surface area contributed by atoms with Crippen molar-refractivity contribution in [1.82, 2.24) is 44.8 Å². The molecule has 14 aromatic heterocycles. The van der Waals surface area contributed by atoms with E-state index in [2.05, 4.69) is 59.1 Å². The average molecular weight is 2030 g/mol. The van der Waals surface area contributed by atoms with Gasteiger partial charge in [-0.1, -0.05) is 126 Å². The van der Waals surface area contributed by atoms with Gasteiger partial charge in [0, 0.05) is 92.5 Å². The fraction of sp³-hybridized carbons (Fsp3) is 0.158. The first kappa shape index (κ1) is 100. The Labute approximate surface area is 806 Å². The number of carbonyl (C=O) groups is 3. The van der Waals surface area contributed by atoms with E-state index in [9.17, 15) is 80.2 Å². The fourth-order valence-corrected chi connectivity index (χ4v) is 21.1. The van der Waals surface area contributed by atoms with Gasteiger partial charge in [0.05, 0.1) is 121 Å². The maximum atomic E-state index is 13.8. The van der Waals surface area contributed by atoms with Crippen LogP contribution in [0.15, 0.2) is 182 Å². The molecule has 22 nitrogen and oxygen atoms in total. The number of rotatable bonds is 9. The van der Waals surface area contributed by atoms with Crippen LogP contribution in [0.25, 0.3) is 143 Å². The summed E-state index contributed by atoms with van der Waals surface area (Å²) in [4.78, 5) is 84.2. The number of hydrogen-bond acceptors (Lipinski definition) is 25. The second kappa shape index (κ2) is 40.4. The molecule has 1 saturated heterocycles. The molecule has 0 unspecified atom stereocenters. The van der Waals surface area contributed by atoms with Gasteiger partial charge in [-0.2, -0.15) is 65.9 Å². The van der Waals surface area contributed by atoms with Crippen molar-refractivity contribution in [2.75, 3.05) is 54.6 Å². The first-order valence-electron chi connectivity index (χ1n) is 40.6. The molecule has 0 atom stereocenters. The Morgan fingerprint density at radius 3 is 1.10 bits per heavy atom. The van der Waals surface area contributed by atoms with Crippen LogP contribution in [0.5, 0.6) is 0 Å². The molecule has 15 heterocycles. The van der Waals surface area contributed by atoms with Gasteiger partial charge in [0.25, 0.3) is 15.9 Å². The van der Waals surface area contributed by atoms with Crippen LogP contribution in [0.4, 0.5) is 115 Å². The van der Waals surface area contributed by atoms with E-state index in [4.69, 9.17) is 54.1 Å². The number of nitrogen functional groups attached to an aromatic ring is 6. The number of Topliss-reactive ketones (excluding diaryl/α,β-unsaturated/α-hetero) is 1. The van der Waals surface area contributed by atoms with Crippen molar-refractivity contribution in [3.63, 3.8) is 0 Å². The number of aromatic nitrogens is 8. The monoisotopic (exact) mass is 2030 g/mol. The van der Waals surface area contributed by atoms with E-state index in [1.807, 2.05) is 62.5 Å². The third-order valence-corrected chi connectivity index (χ3v) is 28.4. The van der Waals surface area contributed by atoms with Crippen molar-refractivity contribution in [3.8, 4) is 67.0 Å². The van der Waals surface area contributed by atoms with Gasteiger partial charge in [0.15, 0.2) is 11.6 Å². The Bertz CT molecular complexity index is 7710. The smallest absolute Gasteiger partial charge is 0.417 e. The summed E-state index contributed by atoms with van der Waals surface area (Å²) >= 11 is 7.28. The highest BCUT2D eigenvalue weighted by atomic mass is 32.1. The van der Waals surface area contributed by atoms with E-state index >= 15 is 0 Å². The van der Waals surface area contributed by atoms with Crippen molar-refractivity contribution in [2.45, 2.75) is 77.8 Å². The molecule has 1 fully saturated rings. The largest absolute Gasteiger partial charge is 0.465 e. The van der Waals surface area contributed by atoms with Crippen LogP contribution >= 0.6 is 79.4 Å². The Morgan fingerprint density at radius 1 is 0.388 bits per heavy atom. The zero-order valence-electron chi connectivity index (χ0n) is 72.3. The van der Waals surface area contributed by atoms with Crippen molar-refractivity contribution in [3.05, 3.63) is 275 Å². The van der Waals surface area contributed by atoms with Crippen LogP contribution in [-0.2, 0) is 35.6 Å². The molecule has 1 aliphatic rings. The number of benzene rings is 4. The molecule has 139 heavy (non-hydrogen) atoms. The Morgan fingerprint density at radius 2 is 0.734 bits per heavy atom. The number of likely N-dealkylation sites (tertiary alicyclic amines) is 1. The molecular weight excluding hydrogens is 1970 g/mol. The van der Waals surface area contributed by atoms with Crippen molar-refractivity contribution in [2.24, 2.45) is 0 Å². The van der Waals surface area contributed by atoms with Gasteiger partial charge in [-0.3, -0.25) is 14.6 Å². The molecule has 0 saturated carbocycles. The second-order valence-corrected chi connectivity index (χ2v) is 37.3. The number of nitrogens with two attached hydrogens (primary N) is 6. The highest BCUT2D eigenvalue weighted by Gasteiger charge is 2.42. The number of methoxy groups -OCH3 is 1. The minimum Gasteiger partial charge on any atom is -0.465 e. The second-order valence-electron chi connectivity index (χ2n) is 30.4. The minimum atomic E-state index is -4.65. The van der Waals surface area contributed by atoms with Crippen LogP contribution in [0.1, 0.15) is 99.7 Å². The van der Waals surface area contributed by atoms with Crippen LogP contribution in [-0.4, -0.2) is 82.6 Å². The van der Waals surface area contributed by atoms with Crippen LogP contribution < -0.4 is 34.4 Å². The van der Waals surface area contributed by atoms with Crippen molar-refractivity contribution < 1.29 is 85.0 Å². The molecule has 0 radical (unpaired) electrons. The zero-order valence-corrected chi connectivity index (χ0v) is 78.1. The lowest BCUT2D eigenvalue weighted by Gasteiger charge is -2.26. The first-order valence-corrected chi connectivity index (χ1v) is 46.4. The molecule has 1 aliphatic heterocycles. The third-order valence-electron chi connectivity index (χ3n) is 21.1. The standard InChI is InChI=1S/C20H18F3N3OS.2C16H10F3N3S.C16H11F3N2OS.C15H10F3N3O2S.C12H8N4S2/c21-20(22,23)13-11-14(12-7-3-1-4-8-12)25-18-15(13)16(24)17(28-18)19(27)26-9-5-2-6-10-26;2*1-8-3-5-9(6-4-8)11-7-10(16(17,18)19)12-13(20)15(21-2)23-14(12)22-11;1-8(22)14-13(20)12-10(16(17,18)19)7-11(21-15(12)23-14)9-5-3-2-4-6-9;1-23-14(22)12-11(19)10-8(15(16,17)18)5-9(21-13(10)24-12)7-3-2-4-20-6-7;1-6-8-9(13)15-10(7-4-3-5-17-7)16-12(8)18-11(6)14-2/h1,3-4,7-8,11H,2,5-6,9-10,24H2;2*3-7H,20H2,1H3;2-7H,20H2,1H3;2-6H,19H2,1H3;3-5H,1H3,(H2,13,15,16). The number of thiophene rings is 7. The van der Waals surface area contributed by atoms with Gasteiger partial charge < -0.3 is 44.0 Å². The summed E-state index contributed by atoms with van der Waals surface area (Å²) in [7, 11) is 1.13. The normalized spacial score (nSPS) is 12.3. The molecule has 0 spiro atoms.